The molecule has 28 heavy (non-hydrogen) atoms. The van der Waals surface area contributed by atoms with E-state index in [9.17, 15) is 9.59 Å². The molecule has 2 aliphatic rings. The summed E-state index contributed by atoms with van der Waals surface area (Å²) in [5, 5.41) is 3.53. The molecule has 1 N–H and O–H groups in total. The Kier molecular flexibility index (Phi) is 6.92. The molecular weight excluding hydrogens is 392 g/mol. The summed E-state index contributed by atoms with van der Waals surface area (Å²) >= 11 is 7.47. The first-order valence-electron chi connectivity index (χ1n) is 9.33. The molecule has 1 aliphatic carbocycles. The molecule has 1 aromatic rings. The van der Waals surface area contributed by atoms with E-state index in [4.69, 9.17) is 11.6 Å². The van der Waals surface area contributed by atoms with Crippen molar-refractivity contribution in [3.63, 3.8) is 0 Å². The largest absolute Gasteiger partial charge is 0.355 e. The van der Waals surface area contributed by atoms with Crippen LogP contribution in [-0.4, -0.2) is 29.8 Å². The van der Waals surface area contributed by atoms with Crippen LogP contribution in [0.25, 0.3) is 5.57 Å². The molecule has 1 heterocycles. The minimum atomic E-state index is -0.304. The number of hydrogen-bond donors (Lipinski definition) is 1. The maximum absolute atomic E-state index is 12.7. The number of aliphatic imine (C=N–C) groups is 1. The molecule has 6 heteroatoms. The van der Waals surface area contributed by atoms with Gasteiger partial charge in [-0.1, -0.05) is 61.9 Å². The molecule has 146 valence electrons. The number of nitrogens with zero attached hydrogens (tertiary/aromatic N) is 1. The molecule has 0 fully saturated rings. The van der Waals surface area contributed by atoms with Crippen LogP contribution in [0.2, 0.25) is 0 Å². The van der Waals surface area contributed by atoms with Crippen molar-refractivity contribution < 1.29 is 9.59 Å². The van der Waals surface area contributed by atoms with Gasteiger partial charge in [0.2, 0.25) is 5.91 Å². The van der Waals surface area contributed by atoms with Gasteiger partial charge < -0.3 is 5.32 Å². The maximum Gasteiger partial charge on any atom is 0.284 e. The molecule has 1 atom stereocenters. The van der Waals surface area contributed by atoms with Gasteiger partial charge in [0.15, 0.2) is 0 Å². The van der Waals surface area contributed by atoms with Gasteiger partial charge in [0.05, 0.1) is 16.4 Å². The number of fused-ring (bicyclic) bond motifs is 1. The van der Waals surface area contributed by atoms with Crippen molar-refractivity contribution in [2.45, 2.75) is 20.3 Å². The number of hydrogen-bond acceptors (Lipinski definition) is 3. The number of carbonyl (C=O) groups excluding carboxylic acids is 2. The van der Waals surface area contributed by atoms with Crippen molar-refractivity contribution in [2.75, 3.05) is 12.3 Å². The minimum absolute atomic E-state index is 0.0785. The molecule has 0 radical (unpaired) electrons. The molecule has 1 unspecified atom stereocenters. The molecule has 0 saturated heterocycles. The molecule has 1 aromatic carbocycles. The lowest BCUT2D eigenvalue weighted by Crippen LogP contribution is -2.28. The Morgan fingerprint density at radius 3 is 2.71 bits per heavy atom. The van der Waals surface area contributed by atoms with Crippen LogP contribution in [-0.2, 0) is 9.59 Å². The van der Waals surface area contributed by atoms with E-state index < -0.39 is 0 Å². The summed E-state index contributed by atoms with van der Waals surface area (Å²) in [6.45, 7) is 4.88. The van der Waals surface area contributed by atoms with Crippen LogP contribution in [0.1, 0.15) is 25.8 Å². The predicted molar refractivity (Wildman–Crippen MR) is 117 cm³/mol. The van der Waals surface area contributed by atoms with Crippen LogP contribution in [0.4, 0.5) is 0 Å². The average molecular weight is 415 g/mol. The number of halogens is 1. The molecular formula is C22H23ClN2O2S. The SMILES string of the molecule is CC(C)CCNC(=O)CSC1=C(c2ccccc2)C2C=C(Cl)C=CC2=NC1=O. The first kappa shape index (κ1) is 20.6. The lowest BCUT2D eigenvalue weighted by Gasteiger charge is -2.26. The van der Waals surface area contributed by atoms with Gasteiger partial charge in [-0.2, -0.15) is 0 Å². The van der Waals surface area contributed by atoms with Crippen LogP contribution in [0.15, 0.2) is 63.5 Å². The van der Waals surface area contributed by atoms with Gasteiger partial charge >= 0.3 is 0 Å². The molecule has 2 amide bonds. The average Bonchev–Trinajstić information content (AvgIpc) is 2.66. The Labute approximate surface area is 174 Å². The zero-order chi connectivity index (χ0) is 20.1. The molecule has 1 aliphatic heterocycles. The second kappa shape index (κ2) is 9.39. The molecule has 0 bridgehead atoms. The quantitative estimate of drug-likeness (QED) is 0.710. The summed E-state index contributed by atoms with van der Waals surface area (Å²) in [4.78, 5) is 29.7. The number of nitrogens with one attached hydrogen (secondary N) is 1. The van der Waals surface area contributed by atoms with Crippen LogP contribution < -0.4 is 5.32 Å². The highest BCUT2D eigenvalue weighted by Crippen LogP contribution is 2.40. The summed E-state index contributed by atoms with van der Waals surface area (Å²) in [6, 6.07) is 9.73. The van der Waals surface area contributed by atoms with Crippen molar-refractivity contribution in [2.24, 2.45) is 16.8 Å². The highest BCUT2D eigenvalue weighted by molar-refractivity contribution is 8.04. The van der Waals surface area contributed by atoms with Gasteiger partial charge in [-0.05, 0) is 35.6 Å². The number of thioether (sulfide) groups is 1. The van der Waals surface area contributed by atoms with Gasteiger partial charge in [-0.3, -0.25) is 9.59 Å². The van der Waals surface area contributed by atoms with E-state index in [0.29, 0.717) is 28.1 Å². The van der Waals surface area contributed by atoms with E-state index in [-0.39, 0.29) is 23.5 Å². The Hall–Kier alpha value is -2.11. The van der Waals surface area contributed by atoms with Crippen LogP contribution >= 0.6 is 23.4 Å². The Bertz CT molecular complexity index is 885. The van der Waals surface area contributed by atoms with Gasteiger partial charge in [-0.15, -0.1) is 11.8 Å². The van der Waals surface area contributed by atoms with Crippen LogP contribution in [0.3, 0.4) is 0 Å². The maximum atomic E-state index is 12.7. The normalized spacial score (nSPS) is 18.7. The van der Waals surface area contributed by atoms with Gasteiger partial charge in [0.25, 0.3) is 5.91 Å². The van der Waals surface area contributed by atoms with Crippen molar-refractivity contribution in [3.05, 3.63) is 64.1 Å². The van der Waals surface area contributed by atoms with Gasteiger partial charge in [0.1, 0.15) is 0 Å². The summed E-state index contributed by atoms with van der Waals surface area (Å²) in [6.07, 6.45) is 6.36. The van der Waals surface area contributed by atoms with Crippen molar-refractivity contribution in [1.82, 2.24) is 5.32 Å². The molecule has 0 spiro atoms. The van der Waals surface area contributed by atoms with E-state index >= 15 is 0 Å². The highest BCUT2D eigenvalue weighted by atomic mass is 35.5. The fraction of sp³-hybridized carbons (Fsp3) is 0.318. The van der Waals surface area contributed by atoms with E-state index in [1.807, 2.05) is 36.4 Å². The predicted octanol–water partition coefficient (Wildman–Crippen LogP) is 4.58. The smallest absolute Gasteiger partial charge is 0.284 e. The molecule has 0 saturated carbocycles. The van der Waals surface area contributed by atoms with Crippen molar-refractivity contribution >= 4 is 46.5 Å². The lowest BCUT2D eigenvalue weighted by atomic mass is 9.84. The second-order valence-electron chi connectivity index (χ2n) is 7.13. The summed E-state index contributed by atoms with van der Waals surface area (Å²) in [7, 11) is 0. The first-order valence-corrected chi connectivity index (χ1v) is 10.7. The number of allylic oxidation sites excluding steroid dienone is 5. The van der Waals surface area contributed by atoms with E-state index in [1.54, 1.807) is 12.2 Å². The molecule has 4 nitrogen and oxygen atoms in total. The zero-order valence-corrected chi connectivity index (χ0v) is 17.5. The van der Waals surface area contributed by atoms with Crippen molar-refractivity contribution in [1.29, 1.82) is 0 Å². The Morgan fingerprint density at radius 2 is 2.00 bits per heavy atom. The number of carbonyl (C=O) groups is 2. The van der Waals surface area contributed by atoms with E-state index in [2.05, 4.69) is 24.2 Å². The Morgan fingerprint density at radius 1 is 1.25 bits per heavy atom. The van der Waals surface area contributed by atoms with Crippen LogP contribution in [0.5, 0.6) is 0 Å². The van der Waals surface area contributed by atoms with Gasteiger partial charge in [-0.25, -0.2) is 4.99 Å². The third kappa shape index (κ3) is 5.03. The summed E-state index contributed by atoms with van der Waals surface area (Å²) < 4.78 is 0. The zero-order valence-electron chi connectivity index (χ0n) is 15.9. The first-order chi connectivity index (χ1) is 13.5. The fourth-order valence-corrected chi connectivity index (χ4v) is 4.22. The summed E-state index contributed by atoms with van der Waals surface area (Å²) in [5.41, 5.74) is 2.48. The lowest BCUT2D eigenvalue weighted by molar-refractivity contribution is -0.118. The fourth-order valence-electron chi connectivity index (χ4n) is 3.09. The third-order valence-electron chi connectivity index (χ3n) is 4.51. The second-order valence-corrected chi connectivity index (χ2v) is 8.56. The minimum Gasteiger partial charge on any atom is -0.355 e. The van der Waals surface area contributed by atoms with Crippen molar-refractivity contribution in [3.8, 4) is 0 Å². The summed E-state index contributed by atoms with van der Waals surface area (Å²) in [5.74, 6) is 0.139. The van der Waals surface area contributed by atoms with Gasteiger partial charge in [0, 0.05) is 17.5 Å². The molecule has 3 rings (SSSR count). The topological polar surface area (TPSA) is 58.5 Å². The Balaban J connectivity index is 1.85. The number of benzene rings is 1. The third-order valence-corrected chi connectivity index (χ3v) is 5.86. The van der Waals surface area contributed by atoms with E-state index in [0.717, 1.165) is 17.6 Å². The number of dihydropyridines is 1. The number of rotatable bonds is 7. The van der Waals surface area contributed by atoms with Crippen LogP contribution in [0, 0.1) is 11.8 Å². The monoisotopic (exact) mass is 414 g/mol. The van der Waals surface area contributed by atoms with E-state index in [1.165, 1.54) is 11.8 Å². The highest BCUT2D eigenvalue weighted by Gasteiger charge is 2.32. The molecule has 0 aromatic heterocycles. The number of amides is 2. The standard InChI is InChI=1S/C22H23ClN2O2S/c1-14(2)10-11-24-19(26)13-28-21-20(15-6-4-3-5-7-15)17-12-16(23)8-9-18(17)25-22(21)27/h3-9,12,14,17H,10-11,13H2,1-2H3,(H,24,26).